The zero-order valence-corrected chi connectivity index (χ0v) is 13.7. The number of thiazole rings is 1. The highest BCUT2D eigenvalue weighted by Crippen LogP contribution is 2.07. The van der Waals surface area contributed by atoms with Gasteiger partial charge in [-0.1, -0.05) is 25.2 Å². The zero-order valence-electron chi connectivity index (χ0n) is 12.8. The molecule has 1 rings (SSSR count). The van der Waals surface area contributed by atoms with Gasteiger partial charge in [0.05, 0.1) is 7.11 Å². The van der Waals surface area contributed by atoms with E-state index in [0.29, 0.717) is 13.0 Å². The molecule has 0 aliphatic carbocycles. The molecule has 0 saturated heterocycles. The summed E-state index contributed by atoms with van der Waals surface area (Å²) in [5, 5.41) is 4.44. The van der Waals surface area contributed by atoms with Crippen LogP contribution >= 0.6 is 11.3 Å². The van der Waals surface area contributed by atoms with Gasteiger partial charge in [0.15, 0.2) is 0 Å². The average molecular weight is 314 g/mol. The first-order valence-corrected chi connectivity index (χ1v) is 7.75. The molecule has 1 aromatic heterocycles. The van der Waals surface area contributed by atoms with Gasteiger partial charge in [-0.2, -0.15) is 0 Å². The van der Waals surface area contributed by atoms with Crippen molar-refractivity contribution in [2.45, 2.75) is 46.2 Å². The quantitative estimate of drug-likeness (QED) is 0.770. The van der Waals surface area contributed by atoms with E-state index in [9.17, 15) is 14.4 Å². The molecule has 0 fully saturated rings. The van der Waals surface area contributed by atoms with Gasteiger partial charge in [-0.05, 0) is 19.3 Å². The molecular formula is C14H22N2O4S. The number of carbonyl (C=O) groups excluding carboxylic acids is 2. The fourth-order valence-corrected chi connectivity index (χ4v) is 2.74. The van der Waals surface area contributed by atoms with Gasteiger partial charge in [-0.3, -0.25) is 9.59 Å². The largest absolute Gasteiger partial charge is 0.467 e. The van der Waals surface area contributed by atoms with Gasteiger partial charge in [0.25, 0.3) is 0 Å². The van der Waals surface area contributed by atoms with Gasteiger partial charge in [-0.15, -0.1) is 0 Å². The van der Waals surface area contributed by atoms with Gasteiger partial charge in [-0.25, -0.2) is 4.79 Å². The predicted octanol–water partition coefficient (Wildman–Crippen LogP) is 1.31. The van der Waals surface area contributed by atoms with Crippen molar-refractivity contribution in [2.24, 2.45) is 5.92 Å². The van der Waals surface area contributed by atoms with Crippen LogP contribution in [0.5, 0.6) is 0 Å². The second-order valence-electron chi connectivity index (χ2n) is 5.32. The number of aryl methyl sites for hydroxylation is 1. The van der Waals surface area contributed by atoms with E-state index in [2.05, 4.69) is 5.32 Å². The van der Waals surface area contributed by atoms with E-state index in [0.717, 1.165) is 17.0 Å². The Kier molecular flexibility index (Phi) is 6.61. The number of hydrogen-bond donors (Lipinski definition) is 1. The molecule has 0 bridgehead atoms. The smallest absolute Gasteiger partial charge is 0.328 e. The van der Waals surface area contributed by atoms with Gasteiger partial charge in [0, 0.05) is 24.0 Å². The highest BCUT2D eigenvalue weighted by atomic mass is 32.1. The third kappa shape index (κ3) is 5.34. The number of nitrogens with zero attached hydrogens (tertiary/aromatic N) is 1. The molecule has 0 spiro atoms. The maximum atomic E-state index is 11.9. The van der Waals surface area contributed by atoms with Crippen molar-refractivity contribution in [1.29, 1.82) is 0 Å². The molecule has 1 amide bonds. The lowest BCUT2D eigenvalue weighted by atomic mass is 10.0. The first kappa shape index (κ1) is 17.4. The fraction of sp³-hybridized carbons (Fsp3) is 0.643. The number of amides is 1. The van der Waals surface area contributed by atoms with Crippen molar-refractivity contribution in [1.82, 2.24) is 9.88 Å². The fourth-order valence-electron chi connectivity index (χ4n) is 1.98. The number of hydrogen-bond acceptors (Lipinski definition) is 5. The first-order valence-electron chi connectivity index (χ1n) is 6.87. The minimum atomic E-state index is -0.636. The monoisotopic (exact) mass is 314 g/mol. The lowest BCUT2D eigenvalue weighted by Crippen LogP contribution is -2.42. The van der Waals surface area contributed by atoms with Crippen molar-refractivity contribution in [3.63, 3.8) is 0 Å². The van der Waals surface area contributed by atoms with E-state index in [1.807, 2.05) is 20.8 Å². The molecule has 1 heterocycles. The Labute approximate surface area is 128 Å². The van der Waals surface area contributed by atoms with Crippen molar-refractivity contribution in [3.8, 4) is 0 Å². The SMILES string of the molecule is COC(=O)C(CC(C)C)NC(=O)CCn1c(C)csc1=O. The first-order chi connectivity index (χ1) is 9.85. The van der Waals surface area contributed by atoms with Crippen LogP contribution in [0.25, 0.3) is 0 Å². The van der Waals surface area contributed by atoms with Gasteiger partial charge in [0.2, 0.25) is 5.91 Å². The van der Waals surface area contributed by atoms with Gasteiger partial charge in [0.1, 0.15) is 6.04 Å². The summed E-state index contributed by atoms with van der Waals surface area (Å²) in [6.45, 7) is 6.08. The van der Waals surface area contributed by atoms with Crippen LogP contribution in [0.15, 0.2) is 10.2 Å². The number of aromatic nitrogens is 1. The summed E-state index contributed by atoms with van der Waals surface area (Å²) in [7, 11) is 1.30. The Morgan fingerprint density at radius 3 is 2.57 bits per heavy atom. The number of esters is 1. The third-order valence-electron chi connectivity index (χ3n) is 3.07. The second kappa shape index (κ2) is 7.97. The van der Waals surface area contributed by atoms with Crippen LogP contribution in [0.3, 0.4) is 0 Å². The Balaban J connectivity index is 2.58. The highest BCUT2D eigenvalue weighted by molar-refractivity contribution is 7.07. The van der Waals surface area contributed by atoms with E-state index in [4.69, 9.17) is 4.74 Å². The number of methoxy groups -OCH3 is 1. The van der Waals surface area contributed by atoms with Gasteiger partial charge < -0.3 is 14.6 Å². The maximum absolute atomic E-state index is 11.9. The molecular weight excluding hydrogens is 292 g/mol. The van der Waals surface area contributed by atoms with E-state index in [1.165, 1.54) is 7.11 Å². The molecule has 1 N–H and O–H groups in total. The summed E-state index contributed by atoms with van der Waals surface area (Å²) in [6, 6.07) is -0.636. The van der Waals surface area contributed by atoms with Crippen LogP contribution in [-0.4, -0.2) is 29.6 Å². The summed E-state index contributed by atoms with van der Waals surface area (Å²) in [5.41, 5.74) is 0.837. The van der Waals surface area contributed by atoms with Gasteiger partial charge >= 0.3 is 10.8 Å². The van der Waals surface area contributed by atoms with E-state index >= 15 is 0 Å². The summed E-state index contributed by atoms with van der Waals surface area (Å²) in [5.74, 6) is -0.444. The Bertz CT molecular complexity index is 547. The lowest BCUT2D eigenvalue weighted by molar-refractivity contribution is -0.145. The molecule has 6 nitrogen and oxygen atoms in total. The number of ether oxygens (including phenoxy) is 1. The average Bonchev–Trinajstić information content (AvgIpc) is 2.73. The van der Waals surface area contributed by atoms with Crippen LogP contribution in [0.1, 0.15) is 32.4 Å². The Morgan fingerprint density at radius 2 is 2.10 bits per heavy atom. The number of rotatable bonds is 7. The number of nitrogens with one attached hydrogen (secondary N) is 1. The summed E-state index contributed by atoms with van der Waals surface area (Å²) < 4.78 is 6.25. The molecule has 0 aliphatic rings. The van der Waals surface area contributed by atoms with Crippen molar-refractivity contribution in [2.75, 3.05) is 7.11 Å². The van der Waals surface area contributed by atoms with Crippen molar-refractivity contribution < 1.29 is 14.3 Å². The highest BCUT2D eigenvalue weighted by Gasteiger charge is 2.22. The summed E-state index contributed by atoms with van der Waals surface area (Å²) >= 11 is 1.12. The van der Waals surface area contributed by atoms with Crippen LogP contribution in [0.2, 0.25) is 0 Å². The molecule has 1 aromatic rings. The van der Waals surface area contributed by atoms with E-state index in [1.54, 1.807) is 9.95 Å². The van der Waals surface area contributed by atoms with Crippen LogP contribution < -0.4 is 10.2 Å². The molecule has 1 unspecified atom stereocenters. The van der Waals surface area contributed by atoms with Crippen molar-refractivity contribution in [3.05, 3.63) is 20.7 Å². The third-order valence-corrected chi connectivity index (χ3v) is 3.95. The second-order valence-corrected chi connectivity index (χ2v) is 6.14. The molecule has 1 atom stereocenters. The molecule has 21 heavy (non-hydrogen) atoms. The number of carbonyl (C=O) groups is 2. The van der Waals surface area contributed by atoms with Crippen LogP contribution in [0.4, 0.5) is 0 Å². The van der Waals surface area contributed by atoms with E-state index < -0.39 is 12.0 Å². The molecule has 0 aliphatic heterocycles. The molecule has 7 heteroatoms. The van der Waals surface area contributed by atoms with Crippen molar-refractivity contribution >= 4 is 23.2 Å². The van der Waals surface area contributed by atoms with Crippen LogP contribution in [0, 0.1) is 12.8 Å². The van der Waals surface area contributed by atoms with Crippen LogP contribution in [-0.2, 0) is 20.9 Å². The normalized spacial score (nSPS) is 12.2. The summed E-state index contributed by atoms with van der Waals surface area (Å²) in [6.07, 6.45) is 0.679. The Hall–Kier alpha value is -1.63. The minimum Gasteiger partial charge on any atom is -0.467 e. The van der Waals surface area contributed by atoms with E-state index in [-0.39, 0.29) is 23.1 Å². The Morgan fingerprint density at radius 1 is 1.43 bits per heavy atom. The topological polar surface area (TPSA) is 77.4 Å². The zero-order chi connectivity index (χ0) is 16.0. The molecule has 0 radical (unpaired) electrons. The maximum Gasteiger partial charge on any atom is 0.328 e. The standard InChI is InChI=1S/C14H22N2O4S/c1-9(2)7-11(13(18)20-4)15-12(17)5-6-16-10(3)8-21-14(16)19/h8-9,11H,5-7H2,1-4H3,(H,15,17). The molecule has 0 aromatic carbocycles. The molecule has 118 valence electrons. The summed E-state index contributed by atoms with van der Waals surface area (Å²) in [4.78, 5) is 35.0. The minimum absolute atomic E-state index is 0.0769. The predicted molar refractivity (Wildman–Crippen MR) is 81.3 cm³/mol. The molecule has 0 saturated carbocycles. The lowest BCUT2D eigenvalue weighted by Gasteiger charge is -2.18.